The molecule has 0 bridgehead atoms. The van der Waals surface area contributed by atoms with Crippen LogP contribution < -0.4 is 11.1 Å². The Hall–Kier alpha value is -0.650. The molecular formula is C13H29N3O2. The molecule has 1 unspecified atom stereocenters. The second-order valence-corrected chi connectivity index (χ2v) is 4.96. The van der Waals surface area contributed by atoms with Crippen LogP contribution in [0.5, 0.6) is 0 Å². The minimum atomic E-state index is -0.414. The molecule has 0 saturated heterocycles. The molecule has 0 aliphatic heterocycles. The normalized spacial score (nSPS) is 13.1. The van der Waals surface area contributed by atoms with Crippen LogP contribution in [0.2, 0.25) is 0 Å². The van der Waals surface area contributed by atoms with Crippen LogP contribution in [-0.4, -0.2) is 56.7 Å². The van der Waals surface area contributed by atoms with Crippen molar-refractivity contribution in [1.29, 1.82) is 0 Å². The van der Waals surface area contributed by atoms with Crippen LogP contribution in [0.4, 0.5) is 0 Å². The van der Waals surface area contributed by atoms with Gasteiger partial charge in [-0.1, -0.05) is 0 Å². The third kappa shape index (κ3) is 8.44. The van der Waals surface area contributed by atoms with Crippen molar-refractivity contribution >= 4 is 5.91 Å². The van der Waals surface area contributed by atoms with Gasteiger partial charge in [0.25, 0.3) is 0 Å². The summed E-state index contributed by atoms with van der Waals surface area (Å²) in [6.07, 6.45) is 2.44. The van der Waals surface area contributed by atoms with Crippen molar-refractivity contribution in [2.24, 2.45) is 5.73 Å². The summed E-state index contributed by atoms with van der Waals surface area (Å²) in [6, 6.07) is 0.125. The van der Waals surface area contributed by atoms with Gasteiger partial charge in [0.05, 0.1) is 6.04 Å². The van der Waals surface area contributed by atoms with E-state index >= 15 is 0 Å². The maximum Gasteiger partial charge on any atom is 0.236 e. The van der Waals surface area contributed by atoms with E-state index in [1.807, 2.05) is 0 Å². The second-order valence-electron chi connectivity index (χ2n) is 4.96. The topological polar surface area (TPSA) is 67.6 Å². The van der Waals surface area contributed by atoms with Gasteiger partial charge in [-0.2, -0.15) is 0 Å². The van der Waals surface area contributed by atoms with Crippen LogP contribution in [-0.2, 0) is 9.53 Å². The number of nitrogens with two attached hydrogens (primary N) is 1. The van der Waals surface area contributed by atoms with E-state index in [4.69, 9.17) is 10.5 Å². The van der Waals surface area contributed by atoms with Gasteiger partial charge in [0.15, 0.2) is 0 Å². The molecule has 0 radical (unpaired) electrons. The summed E-state index contributed by atoms with van der Waals surface area (Å²) >= 11 is 0. The molecule has 0 fully saturated rings. The highest BCUT2D eigenvalue weighted by Gasteiger charge is 2.12. The Labute approximate surface area is 111 Å². The smallest absolute Gasteiger partial charge is 0.236 e. The third-order valence-electron chi connectivity index (χ3n) is 3.07. The molecule has 0 aromatic rings. The zero-order chi connectivity index (χ0) is 14.0. The fourth-order valence-electron chi connectivity index (χ4n) is 1.51. The van der Waals surface area contributed by atoms with Crippen molar-refractivity contribution in [2.45, 2.75) is 45.2 Å². The van der Waals surface area contributed by atoms with Crippen LogP contribution in [0.15, 0.2) is 0 Å². The summed E-state index contributed by atoms with van der Waals surface area (Å²) in [7, 11) is 3.74. The molecule has 0 aromatic heterocycles. The molecule has 0 saturated carbocycles. The lowest BCUT2D eigenvalue weighted by atomic mass is 10.1. The molecule has 3 N–H and O–H groups in total. The van der Waals surface area contributed by atoms with Gasteiger partial charge < -0.3 is 20.7 Å². The second kappa shape index (κ2) is 10.3. The predicted octanol–water partition coefficient (Wildman–Crippen LogP) is 0.587. The van der Waals surface area contributed by atoms with E-state index in [0.717, 1.165) is 19.4 Å². The molecule has 108 valence electrons. The minimum Gasteiger partial charge on any atom is -0.385 e. The Bertz CT molecular complexity index is 222. The van der Waals surface area contributed by atoms with Gasteiger partial charge in [-0.15, -0.1) is 0 Å². The summed E-state index contributed by atoms with van der Waals surface area (Å²) in [5.41, 5.74) is 5.77. The van der Waals surface area contributed by atoms with Gasteiger partial charge in [-0.05, 0) is 46.7 Å². The molecule has 0 rings (SSSR count). The Morgan fingerprint density at radius 1 is 1.39 bits per heavy atom. The Morgan fingerprint density at radius 2 is 2.06 bits per heavy atom. The van der Waals surface area contributed by atoms with Crippen LogP contribution in [0.1, 0.15) is 33.1 Å². The van der Waals surface area contributed by atoms with Gasteiger partial charge >= 0.3 is 0 Å². The highest BCUT2D eigenvalue weighted by molar-refractivity contribution is 5.81. The highest BCUT2D eigenvalue weighted by Crippen LogP contribution is 1.96. The average molecular weight is 259 g/mol. The van der Waals surface area contributed by atoms with Gasteiger partial charge in [0.2, 0.25) is 5.91 Å². The summed E-state index contributed by atoms with van der Waals surface area (Å²) in [6.45, 7) is 6.64. The fraction of sp³-hybridized carbons (Fsp3) is 0.923. The van der Waals surface area contributed by atoms with Crippen molar-refractivity contribution in [1.82, 2.24) is 10.2 Å². The summed E-state index contributed by atoms with van der Waals surface area (Å²) in [4.78, 5) is 13.9. The lowest BCUT2D eigenvalue weighted by Gasteiger charge is -2.21. The molecule has 5 heteroatoms. The van der Waals surface area contributed by atoms with E-state index in [-0.39, 0.29) is 5.91 Å². The number of nitrogens with one attached hydrogen (secondary N) is 1. The lowest BCUT2D eigenvalue weighted by Crippen LogP contribution is -2.41. The number of carbonyl (C=O) groups excluding carboxylic acids is 1. The zero-order valence-corrected chi connectivity index (χ0v) is 12.2. The number of hydrogen-bond acceptors (Lipinski definition) is 4. The minimum absolute atomic E-state index is 0.0571. The molecule has 18 heavy (non-hydrogen) atoms. The first-order chi connectivity index (χ1) is 8.49. The molecule has 0 heterocycles. The first-order valence-corrected chi connectivity index (χ1v) is 6.71. The summed E-state index contributed by atoms with van der Waals surface area (Å²) in [5.74, 6) is -0.0571. The van der Waals surface area contributed by atoms with E-state index < -0.39 is 6.04 Å². The number of amides is 1. The maximum absolute atomic E-state index is 11.6. The molecular weight excluding hydrogens is 230 g/mol. The number of hydrogen-bond donors (Lipinski definition) is 2. The summed E-state index contributed by atoms with van der Waals surface area (Å²) in [5, 5.41) is 2.87. The summed E-state index contributed by atoms with van der Waals surface area (Å²) < 4.78 is 4.93. The number of ether oxygens (including phenoxy) is 1. The van der Waals surface area contributed by atoms with Crippen molar-refractivity contribution in [3.63, 3.8) is 0 Å². The van der Waals surface area contributed by atoms with E-state index in [0.29, 0.717) is 25.6 Å². The Balaban J connectivity index is 3.57. The Kier molecular flexibility index (Phi) is 9.92. The number of carbonyl (C=O) groups is 1. The number of rotatable bonds is 10. The van der Waals surface area contributed by atoms with E-state index in [9.17, 15) is 4.79 Å². The molecule has 0 aliphatic carbocycles. The first-order valence-electron chi connectivity index (χ1n) is 6.71. The van der Waals surface area contributed by atoms with Gasteiger partial charge in [-0.3, -0.25) is 4.79 Å². The predicted molar refractivity (Wildman–Crippen MR) is 74.5 cm³/mol. The largest absolute Gasteiger partial charge is 0.385 e. The van der Waals surface area contributed by atoms with Crippen LogP contribution >= 0.6 is 0 Å². The third-order valence-corrected chi connectivity index (χ3v) is 3.07. The van der Waals surface area contributed by atoms with Crippen molar-refractivity contribution in [3.05, 3.63) is 0 Å². The van der Waals surface area contributed by atoms with Gasteiger partial charge in [0, 0.05) is 26.3 Å². The van der Waals surface area contributed by atoms with Crippen LogP contribution in [0, 0.1) is 0 Å². The van der Waals surface area contributed by atoms with Gasteiger partial charge in [0.1, 0.15) is 0 Å². The van der Waals surface area contributed by atoms with E-state index in [2.05, 4.69) is 31.1 Å². The van der Waals surface area contributed by atoms with Gasteiger partial charge in [-0.25, -0.2) is 0 Å². The quantitative estimate of drug-likeness (QED) is 0.563. The first kappa shape index (κ1) is 17.4. The van der Waals surface area contributed by atoms with Crippen molar-refractivity contribution < 1.29 is 9.53 Å². The average Bonchev–Trinajstić information content (AvgIpc) is 2.33. The fourth-order valence-corrected chi connectivity index (χ4v) is 1.51. The van der Waals surface area contributed by atoms with Crippen molar-refractivity contribution in [3.8, 4) is 0 Å². The number of methoxy groups -OCH3 is 1. The van der Waals surface area contributed by atoms with Crippen molar-refractivity contribution in [2.75, 3.05) is 33.9 Å². The lowest BCUT2D eigenvalue weighted by molar-refractivity contribution is -0.122. The highest BCUT2D eigenvalue weighted by atomic mass is 16.5. The molecule has 0 aliphatic rings. The molecule has 0 spiro atoms. The monoisotopic (exact) mass is 259 g/mol. The molecule has 1 amide bonds. The standard InChI is InChI=1S/C13H29N3O2/c1-11(2)16(3)9-6-8-15-13(17)12(14)7-5-10-18-4/h11-12H,5-10,14H2,1-4H3,(H,15,17). The van der Waals surface area contributed by atoms with Crippen LogP contribution in [0.3, 0.4) is 0 Å². The Morgan fingerprint density at radius 3 is 2.61 bits per heavy atom. The van der Waals surface area contributed by atoms with Crippen LogP contribution in [0.25, 0.3) is 0 Å². The van der Waals surface area contributed by atoms with E-state index in [1.165, 1.54) is 0 Å². The molecule has 5 nitrogen and oxygen atoms in total. The number of nitrogens with zero attached hydrogens (tertiary/aromatic N) is 1. The molecule has 1 atom stereocenters. The molecule has 0 aromatic carbocycles. The van der Waals surface area contributed by atoms with E-state index in [1.54, 1.807) is 7.11 Å². The zero-order valence-electron chi connectivity index (χ0n) is 12.2. The SMILES string of the molecule is COCCCC(N)C(=O)NCCCN(C)C(C)C. The maximum atomic E-state index is 11.6.